The lowest BCUT2D eigenvalue weighted by Crippen LogP contribution is -2.24. The Bertz CT molecular complexity index is 530. The summed E-state index contributed by atoms with van der Waals surface area (Å²) < 4.78 is 0. The molecule has 0 fully saturated rings. The fourth-order valence-corrected chi connectivity index (χ4v) is 2.52. The number of nitrogens with zero attached hydrogens (tertiary/aromatic N) is 1. The zero-order valence-corrected chi connectivity index (χ0v) is 15.0. The highest BCUT2D eigenvalue weighted by Gasteiger charge is 2.30. The first kappa shape index (κ1) is 18.5. The molecule has 2 atom stereocenters. The molecule has 1 N–H and O–H groups in total. The van der Waals surface area contributed by atoms with E-state index in [0.29, 0.717) is 5.75 Å². The third kappa shape index (κ3) is 3.79. The third-order valence-corrected chi connectivity index (χ3v) is 4.33. The largest absolute Gasteiger partial charge is 0.507 e. The topological polar surface area (TPSA) is 63.4 Å². The lowest BCUT2D eigenvalue weighted by molar-refractivity contribution is -0.521. The van der Waals surface area contributed by atoms with Crippen LogP contribution in [-0.4, -0.2) is 16.1 Å². The molecule has 4 heteroatoms. The number of phenolic OH excluding ortho intramolecular Hbond substituents is 1. The summed E-state index contributed by atoms with van der Waals surface area (Å²) in [6.45, 7) is 15.8. The Morgan fingerprint density at radius 2 is 1.36 bits per heavy atom. The minimum atomic E-state index is -0.662. The lowest BCUT2D eigenvalue weighted by Gasteiger charge is -2.29. The molecule has 2 unspecified atom stereocenters. The predicted octanol–water partition coefficient (Wildman–Crippen LogP) is 4.76. The van der Waals surface area contributed by atoms with Gasteiger partial charge in [-0.3, -0.25) is 10.1 Å². The fourth-order valence-electron chi connectivity index (χ4n) is 2.52. The van der Waals surface area contributed by atoms with E-state index in [4.69, 9.17) is 0 Å². The van der Waals surface area contributed by atoms with Crippen molar-refractivity contribution >= 4 is 0 Å². The molecule has 0 aliphatic heterocycles. The van der Waals surface area contributed by atoms with Crippen LogP contribution in [0.3, 0.4) is 0 Å². The summed E-state index contributed by atoms with van der Waals surface area (Å²) in [6.07, 6.45) is 0. The number of aromatic hydroxyl groups is 1. The molecule has 0 spiro atoms. The molecule has 0 aliphatic carbocycles. The van der Waals surface area contributed by atoms with Crippen LogP contribution in [0.15, 0.2) is 12.1 Å². The average molecular weight is 307 g/mol. The minimum absolute atomic E-state index is 0.210. The van der Waals surface area contributed by atoms with E-state index >= 15 is 0 Å². The van der Waals surface area contributed by atoms with Crippen LogP contribution in [-0.2, 0) is 10.8 Å². The van der Waals surface area contributed by atoms with Crippen LogP contribution >= 0.6 is 0 Å². The molecule has 0 saturated heterocycles. The molecule has 22 heavy (non-hydrogen) atoms. The summed E-state index contributed by atoms with van der Waals surface area (Å²) in [7, 11) is 0. The predicted molar refractivity (Wildman–Crippen MR) is 90.4 cm³/mol. The summed E-state index contributed by atoms with van der Waals surface area (Å²) in [5.41, 5.74) is 2.15. The third-order valence-electron chi connectivity index (χ3n) is 4.33. The molecular formula is C18H29NO3. The van der Waals surface area contributed by atoms with Crippen LogP contribution in [0, 0.1) is 10.1 Å². The minimum Gasteiger partial charge on any atom is -0.507 e. The molecule has 1 rings (SSSR count). The van der Waals surface area contributed by atoms with Crippen molar-refractivity contribution in [3.05, 3.63) is 38.9 Å². The first-order valence-corrected chi connectivity index (χ1v) is 7.78. The number of rotatable bonds is 3. The van der Waals surface area contributed by atoms with Crippen molar-refractivity contribution in [3.63, 3.8) is 0 Å². The Morgan fingerprint density at radius 1 is 1.00 bits per heavy atom. The van der Waals surface area contributed by atoms with E-state index in [1.165, 1.54) is 0 Å². The highest BCUT2D eigenvalue weighted by Crippen LogP contribution is 2.41. The van der Waals surface area contributed by atoms with Gasteiger partial charge in [-0.2, -0.15) is 0 Å². The van der Waals surface area contributed by atoms with Crippen molar-refractivity contribution in [3.8, 4) is 5.75 Å². The molecule has 0 radical (unpaired) electrons. The quantitative estimate of drug-likeness (QED) is 0.647. The van der Waals surface area contributed by atoms with E-state index in [2.05, 4.69) is 0 Å². The molecule has 0 heterocycles. The Morgan fingerprint density at radius 3 is 1.64 bits per heavy atom. The highest BCUT2D eigenvalue weighted by molar-refractivity contribution is 5.50. The zero-order valence-electron chi connectivity index (χ0n) is 15.0. The summed E-state index contributed by atoms with van der Waals surface area (Å²) in [5.74, 6) is 0.0995. The summed E-state index contributed by atoms with van der Waals surface area (Å²) in [4.78, 5) is 10.9. The second kappa shape index (κ2) is 5.90. The van der Waals surface area contributed by atoms with Gasteiger partial charge in [0.15, 0.2) is 0 Å². The van der Waals surface area contributed by atoms with E-state index < -0.39 is 6.04 Å². The van der Waals surface area contributed by atoms with Gasteiger partial charge in [-0.05, 0) is 27.5 Å². The maximum absolute atomic E-state index is 11.1. The van der Waals surface area contributed by atoms with Crippen LogP contribution in [0.25, 0.3) is 0 Å². The van der Waals surface area contributed by atoms with Gasteiger partial charge in [0.1, 0.15) is 5.75 Å². The molecule has 4 nitrogen and oxygen atoms in total. The fraction of sp³-hybridized carbons (Fsp3) is 0.667. The SMILES string of the molecule is CC(c1cc(C(C)(C)C)c(O)c(C(C)(C)C)c1)C(C)[N+](=O)[O-]. The van der Waals surface area contributed by atoms with Crippen LogP contribution in [0.2, 0.25) is 0 Å². The van der Waals surface area contributed by atoms with Gasteiger partial charge in [-0.15, -0.1) is 0 Å². The van der Waals surface area contributed by atoms with Crippen molar-refractivity contribution in [2.45, 2.75) is 78.2 Å². The van der Waals surface area contributed by atoms with Crippen LogP contribution in [0.4, 0.5) is 0 Å². The summed E-state index contributed by atoms with van der Waals surface area (Å²) in [6, 6.07) is 3.19. The van der Waals surface area contributed by atoms with Gasteiger partial charge in [-0.1, -0.05) is 60.6 Å². The number of hydrogen-bond donors (Lipinski definition) is 1. The molecule has 0 aromatic heterocycles. The first-order chi connectivity index (χ1) is 9.76. The van der Waals surface area contributed by atoms with Crippen molar-refractivity contribution in [1.82, 2.24) is 0 Å². The lowest BCUT2D eigenvalue weighted by atomic mass is 9.76. The Kier molecular flexibility index (Phi) is 4.95. The van der Waals surface area contributed by atoms with Gasteiger partial charge in [0.05, 0.1) is 0 Å². The molecule has 0 saturated carbocycles. The van der Waals surface area contributed by atoms with Crippen LogP contribution < -0.4 is 0 Å². The Hall–Kier alpha value is -1.58. The number of phenols is 1. The standard InChI is InChI=1S/C18H29NO3/c1-11(12(2)19(21)22)13-9-14(17(3,4)5)16(20)15(10-13)18(6,7)8/h9-12,20H,1-8H3. The molecule has 0 aliphatic rings. The molecule has 124 valence electrons. The molecule has 1 aromatic carbocycles. The normalized spacial score (nSPS) is 15.5. The van der Waals surface area contributed by atoms with Gasteiger partial charge in [-0.25, -0.2) is 0 Å². The molecule has 0 bridgehead atoms. The maximum atomic E-state index is 11.1. The smallest absolute Gasteiger partial charge is 0.216 e. The van der Waals surface area contributed by atoms with Gasteiger partial charge in [0.25, 0.3) is 0 Å². The van der Waals surface area contributed by atoms with E-state index in [-0.39, 0.29) is 21.7 Å². The maximum Gasteiger partial charge on any atom is 0.216 e. The van der Waals surface area contributed by atoms with Gasteiger partial charge < -0.3 is 5.11 Å². The second-order valence-electron chi connectivity index (χ2n) is 8.28. The Labute approximate surface area is 133 Å². The highest BCUT2D eigenvalue weighted by atomic mass is 16.6. The van der Waals surface area contributed by atoms with Crippen molar-refractivity contribution < 1.29 is 10.0 Å². The van der Waals surface area contributed by atoms with E-state index in [9.17, 15) is 15.2 Å². The Balaban J connectivity index is 3.58. The van der Waals surface area contributed by atoms with Gasteiger partial charge in [0, 0.05) is 17.8 Å². The summed E-state index contributed by atoms with van der Waals surface area (Å²) in [5, 5.41) is 21.8. The van der Waals surface area contributed by atoms with E-state index in [1.54, 1.807) is 6.92 Å². The van der Waals surface area contributed by atoms with E-state index in [0.717, 1.165) is 16.7 Å². The zero-order chi connectivity index (χ0) is 17.5. The first-order valence-electron chi connectivity index (χ1n) is 7.78. The summed E-state index contributed by atoms with van der Waals surface area (Å²) >= 11 is 0. The van der Waals surface area contributed by atoms with Gasteiger partial charge >= 0.3 is 0 Å². The number of hydrogen-bond acceptors (Lipinski definition) is 3. The number of benzene rings is 1. The average Bonchev–Trinajstić information content (AvgIpc) is 2.34. The van der Waals surface area contributed by atoms with Crippen LogP contribution in [0.5, 0.6) is 5.75 Å². The monoisotopic (exact) mass is 307 g/mol. The molecule has 1 aromatic rings. The van der Waals surface area contributed by atoms with Crippen molar-refractivity contribution in [1.29, 1.82) is 0 Å². The van der Waals surface area contributed by atoms with Gasteiger partial charge in [0.2, 0.25) is 6.04 Å². The van der Waals surface area contributed by atoms with Crippen molar-refractivity contribution in [2.24, 2.45) is 0 Å². The molecular weight excluding hydrogens is 278 g/mol. The van der Waals surface area contributed by atoms with E-state index in [1.807, 2.05) is 60.6 Å². The van der Waals surface area contributed by atoms with Crippen molar-refractivity contribution in [2.75, 3.05) is 0 Å². The molecule has 0 amide bonds. The number of nitro groups is 1. The second-order valence-corrected chi connectivity index (χ2v) is 8.28. The van der Waals surface area contributed by atoms with Crippen LogP contribution in [0.1, 0.15) is 78.0 Å².